The van der Waals surface area contributed by atoms with Gasteiger partial charge in [0.25, 0.3) is 0 Å². The molecule has 0 radical (unpaired) electrons. The zero-order chi connectivity index (χ0) is 12.4. The van der Waals surface area contributed by atoms with Crippen LogP contribution < -0.4 is 0 Å². The fourth-order valence-corrected chi connectivity index (χ4v) is 2.29. The second-order valence-electron chi connectivity index (χ2n) is 4.26. The molecule has 0 fully saturated rings. The normalized spacial score (nSPS) is 19.0. The summed E-state index contributed by atoms with van der Waals surface area (Å²) in [6.45, 7) is 5.42. The van der Waals surface area contributed by atoms with E-state index in [4.69, 9.17) is 9.84 Å². The van der Waals surface area contributed by atoms with Gasteiger partial charge < -0.3 is 14.4 Å². The Kier molecular flexibility index (Phi) is 3.38. The number of fused-ring (bicyclic) bond motifs is 1. The van der Waals surface area contributed by atoms with Crippen LogP contribution in [0.3, 0.4) is 0 Å². The molecule has 17 heavy (non-hydrogen) atoms. The summed E-state index contributed by atoms with van der Waals surface area (Å²) in [6, 6.07) is 4.13. The van der Waals surface area contributed by atoms with Crippen LogP contribution in [0.4, 0.5) is 4.79 Å². The molecule has 5 nitrogen and oxygen atoms in total. The Balaban J connectivity index is 2.11. The largest absolute Gasteiger partial charge is 0.447 e. The van der Waals surface area contributed by atoms with E-state index < -0.39 is 0 Å². The number of aliphatic hydroxyl groups excluding tert-OH is 1. The highest BCUT2D eigenvalue weighted by molar-refractivity contribution is 5.68. The number of carbonyl (C=O) groups is 1. The lowest BCUT2D eigenvalue weighted by Crippen LogP contribution is -2.41. The van der Waals surface area contributed by atoms with Gasteiger partial charge in [-0.15, -0.1) is 0 Å². The van der Waals surface area contributed by atoms with E-state index in [2.05, 4.69) is 17.6 Å². The van der Waals surface area contributed by atoms with Crippen molar-refractivity contribution in [3.63, 3.8) is 0 Å². The van der Waals surface area contributed by atoms with E-state index in [0.29, 0.717) is 6.54 Å². The monoisotopic (exact) mass is 238 g/mol. The third kappa shape index (κ3) is 2.15. The molecule has 1 aromatic rings. The van der Waals surface area contributed by atoms with Crippen molar-refractivity contribution in [3.8, 4) is 0 Å². The third-order valence-electron chi connectivity index (χ3n) is 3.24. The molecule has 0 bridgehead atoms. The van der Waals surface area contributed by atoms with Crippen LogP contribution in [0.15, 0.2) is 12.1 Å². The van der Waals surface area contributed by atoms with E-state index in [1.54, 1.807) is 4.90 Å². The van der Waals surface area contributed by atoms with E-state index in [9.17, 15) is 4.79 Å². The highest BCUT2D eigenvalue weighted by Gasteiger charge is 2.29. The summed E-state index contributed by atoms with van der Waals surface area (Å²) in [5, 5.41) is 8.64. The molecule has 0 saturated carbocycles. The van der Waals surface area contributed by atoms with Gasteiger partial charge in [-0.2, -0.15) is 0 Å². The van der Waals surface area contributed by atoms with Gasteiger partial charge in [-0.25, -0.2) is 4.79 Å². The minimum Gasteiger partial charge on any atom is -0.447 e. The molecule has 2 rings (SSSR count). The maximum absolute atomic E-state index is 11.8. The molecule has 1 amide bonds. The molecule has 1 aliphatic rings. The van der Waals surface area contributed by atoms with Crippen molar-refractivity contribution in [2.45, 2.75) is 26.4 Å². The molecule has 0 spiro atoms. The third-order valence-corrected chi connectivity index (χ3v) is 3.24. The average molecular weight is 238 g/mol. The number of carbonyl (C=O) groups excluding carboxylic acids is 1. The summed E-state index contributed by atoms with van der Waals surface area (Å²) in [5.41, 5.74) is 2.35. The number of aliphatic hydroxyl groups is 1. The van der Waals surface area contributed by atoms with Gasteiger partial charge in [0.2, 0.25) is 0 Å². The molecule has 1 unspecified atom stereocenters. The quantitative estimate of drug-likeness (QED) is 0.845. The maximum Gasteiger partial charge on any atom is 0.410 e. The molecule has 0 aliphatic carbocycles. The number of hydrogen-bond acceptors (Lipinski definition) is 3. The van der Waals surface area contributed by atoms with Crippen molar-refractivity contribution in [1.29, 1.82) is 0 Å². The minimum absolute atomic E-state index is 0.0173. The lowest BCUT2D eigenvalue weighted by atomic mass is 10.1. The molecular formula is C12H18N2O3. The van der Waals surface area contributed by atoms with E-state index in [-0.39, 0.29) is 25.3 Å². The van der Waals surface area contributed by atoms with Gasteiger partial charge in [0.05, 0.1) is 12.6 Å². The summed E-state index contributed by atoms with van der Waals surface area (Å²) < 4.78 is 7.17. The standard InChI is InChI=1S/C12H18N2O3/c1-9-3-4-11-10(2)14(6-5-13(9)11)12(16)17-8-7-15/h3-4,10,15H,5-8H2,1-2H3. The van der Waals surface area contributed by atoms with Crippen molar-refractivity contribution in [3.05, 3.63) is 23.5 Å². The molecule has 1 aliphatic heterocycles. The number of ether oxygens (including phenoxy) is 1. The van der Waals surface area contributed by atoms with Gasteiger partial charge >= 0.3 is 6.09 Å². The van der Waals surface area contributed by atoms with Crippen LogP contribution in [-0.4, -0.2) is 40.4 Å². The Morgan fingerprint density at radius 2 is 2.29 bits per heavy atom. The first-order chi connectivity index (χ1) is 8.15. The van der Waals surface area contributed by atoms with Crippen LogP contribution in [0.5, 0.6) is 0 Å². The van der Waals surface area contributed by atoms with Gasteiger partial charge in [-0.3, -0.25) is 4.90 Å². The molecule has 0 saturated heterocycles. The molecule has 94 valence electrons. The predicted octanol–water partition coefficient (Wildman–Crippen LogP) is 1.30. The van der Waals surface area contributed by atoms with Gasteiger partial charge in [-0.1, -0.05) is 0 Å². The van der Waals surface area contributed by atoms with Gasteiger partial charge in [-0.05, 0) is 26.0 Å². The van der Waals surface area contributed by atoms with E-state index >= 15 is 0 Å². The van der Waals surface area contributed by atoms with E-state index in [1.165, 1.54) is 5.69 Å². The second-order valence-corrected chi connectivity index (χ2v) is 4.26. The summed E-state index contributed by atoms with van der Waals surface area (Å²) in [5.74, 6) is 0. The highest BCUT2D eigenvalue weighted by Crippen LogP contribution is 2.27. The lowest BCUT2D eigenvalue weighted by molar-refractivity contribution is 0.0653. The van der Waals surface area contributed by atoms with Crippen molar-refractivity contribution < 1.29 is 14.6 Å². The van der Waals surface area contributed by atoms with Gasteiger partial charge in [0.15, 0.2) is 0 Å². The topological polar surface area (TPSA) is 54.7 Å². The Hall–Kier alpha value is -1.49. The first kappa shape index (κ1) is 12.0. The Labute approximate surface area is 101 Å². The zero-order valence-electron chi connectivity index (χ0n) is 10.2. The highest BCUT2D eigenvalue weighted by atomic mass is 16.6. The zero-order valence-corrected chi connectivity index (χ0v) is 10.2. The smallest absolute Gasteiger partial charge is 0.410 e. The SMILES string of the molecule is Cc1ccc2n1CCN(C(=O)OCCO)C2C. The first-order valence-corrected chi connectivity index (χ1v) is 5.85. The van der Waals surface area contributed by atoms with E-state index in [1.807, 2.05) is 13.0 Å². The van der Waals surface area contributed by atoms with Crippen LogP contribution in [0.25, 0.3) is 0 Å². The number of aryl methyl sites for hydroxylation is 1. The summed E-state index contributed by atoms with van der Waals surface area (Å²) >= 11 is 0. The first-order valence-electron chi connectivity index (χ1n) is 5.85. The number of hydrogen-bond donors (Lipinski definition) is 1. The fourth-order valence-electron chi connectivity index (χ4n) is 2.29. The average Bonchev–Trinajstić information content (AvgIpc) is 2.69. The second kappa shape index (κ2) is 4.79. The van der Waals surface area contributed by atoms with E-state index in [0.717, 1.165) is 12.2 Å². The van der Waals surface area contributed by atoms with Crippen LogP contribution in [0.2, 0.25) is 0 Å². The summed E-state index contributed by atoms with van der Waals surface area (Å²) in [7, 11) is 0. The van der Waals surface area contributed by atoms with Crippen LogP contribution >= 0.6 is 0 Å². The van der Waals surface area contributed by atoms with Gasteiger partial charge in [0, 0.05) is 24.5 Å². The van der Waals surface area contributed by atoms with Crippen LogP contribution in [0, 0.1) is 6.92 Å². The molecular weight excluding hydrogens is 220 g/mol. The Morgan fingerprint density at radius 3 is 3.00 bits per heavy atom. The Morgan fingerprint density at radius 1 is 1.53 bits per heavy atom. The molecule has 1 N–H and O–H groups in total. The number of rotatable bonds is 2. The Bertz CT molecular complexity index is 414. The van der Waals surface area contributed by atoms with Crippen LogP contribution in [0.1, 0.15) is 24.4 Å². The van der Waals surface area contributed by atoms with Crippen molar-refractivity contribution in [1.82, 2.24) is 9.47 Å². The minimum atomic E-state index is -0.350. The summed E-state index contributed by atoms with van der Waals surface area (Å²) in [4.78, 5) is 13.5. The molecule has 0 aromatic carbocycles. The van der Waals surface area contributed by atoms with Crippen LogP contribution in [-0.2, 0) is 11.3 Å². The number of amides is 1. The molecule has 2 heterocycles. The lowest BCUT2D eigenvalue weighted by Gasteiger charge is -2.34. The predicted molar refractivity (Wildman–Crippen MR) is 62.7 cm³/mol. The molecule has 1 atom stereocenters. The van der Waals surface area contributed by atoms with Crippen molar-refractivity contribution in [2.75, 3.05) is 19.8 Å². The summed E-state index contributed by atoms with van der Waals surface area (Å²) in [6.07, 6.45) is -0.350. The number of nitrogens with zero attached hydrogens (tertiary/aromatic N) is 2. The molecule has 5 heteroatoms. The van der Waals surface area contributed by atoms with Crippen molar-refractivity contribution in [2.24, 2.45) is 0 Å². The molecule has 1 aromatic heterocycles. The number of aromatic nitrogens is 1. The maximum atomic E-state index is 11.8. The van der Waals surface area contributed by atoms with Crippen molar-refractivity contribution >= 4 is 6.09 Å². The fraction of sp³-hybridized carbons (Fsp3) is 0.583. The van der Waals surface area contributed by atoms with Gasteiger partial charge in [0.1, 0.15) is 6.61 Å².